The standard InChI is InChI=1S/C25H22N2O4/c26-25(30)18-11-12-20-23(18)24-19(9-4-10-21(24)31-14-22(28)29)27(20)13-16-7-3-6-15-5-1-2-8-17(15)16/h1-10,18H,11-14H2,(H2,26,30)(H,28,29). The van der Waals surface area contributed by atoms with E-state index in [1.807, 2.05) is 24.3 Å². The lowest BCUT2D eigenvalue weighted by atomic mass is 9.99. The predicted octanol–water partition coefficient (Wildman–Crippen LogP) is 3.82. The quantitative estimate of drug-likeness (QED) is 0.501. The molecule has 3 N–H and O–H groups in total. The van der Waals surface area contributed by atoms with Crippen LogP contribution >= 0.6 is 0 Å². The Morgan fingerprint density at radius 3 is 2.65 bits per heavy atom. The number of benzene rings is 3. The molecule has 0 radical (unpaired) electrons. The zero-order valence-corrected chi connectivity index (χ0v) is 16.9. The lowest BCUT2D eigenvalue weighted by Crippen LogP contribution is -2.19. The number of hydrogen-bond acceptors (Lipinski definition) is 3. The zero-order chi connectivity index (χ0) is 21.5. The Morgan fingerprint density at radius 1 is 1.06 bits per heavy atom. The molecule has 0 saturated carbocycles. The molecule has 1 heterocycles. The molecule has 1 amide bonds. The van der Waals surface area contributed by atoms with Gasteiger partial charge < -0.3 is 20.1 Å². The molecule has 1 aromatic heterocycles. The smallest absolute Gasteiger partial charge is 0.341 e. The Morgan fingerprint density at radius 2 is 1.84 bits per heavy atom. The number of ether oxygens (including phenoxy) is 1. The summed E-state index contributed by atoms with van der Waals surface area (Å²) in [6.45, 7) is 0.199. The largest absolute Gasteiger partial charge is 0.481 e. The van der Waals surface area contributed by atoms with Crippen LogP contribution in [-0.4, -0.2) is 28.2 Å². The van der Waals surface area contributed by atoms with Crippen molar-refractivity contribution in [2.45, 2.75) is 25.3 Å². The average molecular weight is 414 g/mol. The van der Waals surface area contributed by atoms with Crippen LogP contribution in [0.4, 0.5) is 0 Å². The van der Waals surface area contributed by atoms with Gasteiger partial charge >= 0.3 is 5.97 Å². The Balaban J connectivity index is 1.71. The number of nitrogens with zero attached hydrogens (tertiary/aromatic N) is 1. The molecule has 1 aliphatic carbocycles. The van der Waals surface area contributed by atoms with Crippen LogP contribution in [0.5, 0.6) is 5.75 Å². The second-order valence-electron chi connectivity index (χ2n) is 7.91. The molecule has 0 fully saturated rings. The topological polar surface area (TPSA) is 94.6 Å². The zero-order valence-electron chi connectivity index (χ0n) is 16.9. The van der Waals surface area contributed by atoms with E-state index < -0.39 is 18.5 Å². The van der Waals surface area contributed by atoms with Gasteiger partial charge in [-0.3, -0.25) is 4.79 Å². The first kappa shape index (κ1) is 19.2. The van der Waals surface area contributed by atoms with E-state index in [-0.39, 0.29) is 5.91 Å². The number of aromatic nitrogens is 1. The van der Waals surface area contributed by atoms with Gasteiger partial charge in [-0.25, -0.2) is 4.79 Å². The van der Waals surface area contributed by atoms with Crippen molar-refractivity contribution in [3.8, 4) is 5.75 Å². The molecule has 6 nitrogen and oxygen atoms in total. The van der Waals surface area contributed by atoms with Gasteiger partial charge in [-0.1, -0.05) is 48.5 Å². The first-order chi connectivity index (χ1) is 15.0. The number of carboxylic acids is 1. The molecule has 6 heteroatoms. The van der Waals surface area contributed by atoms with Gasteiger partial charge in [-0.05, 0) is 46.9 Å². The van der Waals surface area contributed by atoms with Crippen LogP contribution < -0.4 is 10.5 Å². The lowest BCUT2D eigenvalue weighted by Gasteiger charge is -2.13. The molecule has 1 unspecified atom stereocenters. The number of carbonyl (C=O) groups is 2. The van der Waals surface area contributed by atoms with Gasteiger partial charge in [0.15, 0.2) is 6.61 Å². The van der Waals surface area contributed by atoms with Gasteiger partial charge in [0, 0.05) is 17.6 Å². The fraction of sp³-hybridized carbons (Fsp3) is 0.200. The third-order valence-corrected chi connectivity index (χ3v) is 6.12. The molecule has 0 saturated heterocycles. The van der Waals surface area contributed by atoms with Crippen molar-refractivity contribution in [2.24, 2.45) is 5.73 Å². The number of fused-ring (bicyclic) bond motifs is 4. The molecule has 5 rings (SSSR count). The summed E-state index contributed by atoms with van der Waals surface area (Å²) in [4.78, 5) is 23.3. The number of nitrogens with two attached hydrogens (primary N) is 1. The van der Waals surface area contributed by atoms with Crippen molar-refractivity contribution in [3.05, 3.63) is 77.5 Å². The number of amides is 1. The molecule has 1 aliphatic rings. The third kappa shape index (κ3) is 3.20. The third-order valence-electron chi connectivity index (χ3n) is 6.12. The minimum atomic E-state index is -1.05. The minimum Gasteiger partial charge on any atom is -0.481 e. The number of rotatable bonds is 6. The maximum absolute atomic E-state index is 12.2. The number of carbonyl (C=O) groups excluding carboxylic acids is 1. The second-order valence-corrected chi connectivity index (χ2v) is 7.91. The molecular formula is C25H22N2O4. The van der Waals surface area contributed by atoms with E-state index in [1.54, 1.807) is 6.07 Å². The van der Waals surface area contributed by atoms with E-state index in [9.17, 15) is 9.59 Å². The highest BCUT2D eigenvalue weighted by molar-refractivity contribution is 5.98. The molecule has 0 bridgehead atoms. The molecule has 0 aliphatic heterocycles. The first-order valence-corrected chi connectivity index (χ1v) is 10.3. The summed E-state index contributed by atoms with van der Waals surface area (Å²) in [5, 5.41) is 12.2. The van der Waals surface area contributed by atoms with Gasteiger partial charge in [0.25, 0.3) is 0 Å². The van der Waals surface area contributed by atoms with Crippen LogP contribution in [0.1, 0.15) is 29.2 Å². The normalized spacial score (nSPS) is 15.3. The van der Waals surface area contributed by atoms with E-state index in [2.05, 4.69) is 34.9 Å². The Bertz CT molecular complexity index is 1330. The van der Waals surface area contributed by atoms with Gasteiger partial charge in [-0.15, -0.1) is 0 Å². The molecule has 3 aromatic carbocycles. The van der Waals surface area contributed by atoms with Gasteiger partial charge in [0.2, 0.25) is 5.91 Å². The number of aliphatic carboxylic acids is 1. The summed E-state index contributed by atoms with van der Waals surface area (Å²) in [7, 11) is 0. The van der Waals surface area contributed by atoms with Crippen molar-refractivity contribution < 1.29 is 19.4 Å². The Kier molecular flexibility index (Phi) is 4.62. The SMILES string of the molecule is NC(=O)C1CCc2c1c1c(OCC(=O)O)cccc1n2Cc1cccc2ccccc12. The van der Waals surface area contributed by atoms with Crippen molar-refractivity contribution in [3.63, 3.8) is 0 Å². The average Bonchev–Trinajstić information content (AvgIpc) is 3.32. The summed E-state index contributed by atoms with van der Waals surface area (Å²) in [6.07, 6.45) is 1.39. The van der Waals surface area contributed by atoms with Crippen molar-refractivity contribution in [1.82, 2.24) is 4.57 Å². The summed E-state index contributed by atoms with van der Waals surface area (Å²) in [5.74, 6) is -1.34. The van der Waals surface area contributed by atoms with Crippen LogP contribution in [0.2, 0.25) is 0 Å². The van der Waals surface area contributed by atoms with Crippen LogP contribution in [0.15, 0.2) is 60.7 Å². The summed E-state index contributed by atoms with van der Waals surface area (Å²) in [5.41, 5.74) is 9.78. The van der Waals surface area contributed by atoms with Crippen molar-refractivity contribution in [1.29, 1.82) is 0 Å². The highest BCUT2D eigenvalue weighted by Gasteiger charge is 2.34. The van der Waals surface area contributed by atoms with Crippen LogP contribution in [-0.2, 0) is 22.6 Å². The molecule has 4 aromatic rings. The molecule has 0 spiro atoms. The van der Waals surface area contributed by atoms with Gasteiger partial charge in [-0.2, -0.15) is 0 Å². The van der Waals surface area contributed by atoms with E-state index in [1.165, 1.54) is 16.3 Å². The predicted molar refractivity (Wildman–Crippen MR) is 118 cm³/mol. The van der Waals surface area contributed by atoms with Crippen molar-refractivity contribution >= 4 is 33.6 Å². The molecular weight excluding hydrogens is 392 g/mol. The monoisotopic (exact) mass is 414 g/mol. The highest BCUT2D eigenvalue weighted by atomic mass is 16.5. The minimum absolute atomic E-state index is 0.365. The number of hydrogen-bond donors (Lipinski definition) is 2. The number of primary amides is 1. The maximum Gasteiger partial charge on any atom is 0.341 e. The first-order valence-electron chi connectivity index (χ1n) is 10.3. The highest BCUT2D eigenvalue weighted by Crippen LogP contribution is 2.44. The van der Waals surface area contributed by atoms with E-state index >= 15 is 0 Å². The Hall–Kier alpha value is -3.80. The summed E-state index contributed by atoms with van der Waals surface area (Å²) < 4.78 is 7.83. The summed E-state index contributed by atoms with van der Waals surface area (Å²) >= 11 is 0. The van der Waals surface area contributed by atoms with Crippen molar-refractivity contribution in [2.75, 3.05) is 6.61 Å². The van der Waals surface area contributed by atoms with E-state index in [0.29, 0.717) is 18.7 Å². The van der Waals surface area contributed by atoms with Gasteiger partial charge in [0.1, 0.15) is 5.75 Å². The van der Waals surface area contributed by atoms with E-state index in [4.69, 9.17) is 15.6 Å². The van der Waals surface area contributed by atoms with Crippen LogP contribution in [0, 0.1) is 0 Å². The molecule has 31 heavy (non-hydrogen) atoms. The van der Waals surface area contributed by atoms with Crippen LogP contribution in [0.3, 0.4) is 0 Å². The van der Waals surface area contributed by atoms with Crippen LogP contribution in [0.25, 0.3) is 21.7 Å². The maximum atomic E-state index is 12.2. The Labute approximate surface area is 178 Å². The summed E-state index contributed by atoms with van der Waals surface area (Å²) in [6, 6.07) is 20.1. The fourth-order valence-corrected chi connectivity index (χ4v) is 4.85. The van der Waals surface area contributed by atoms with E-state index in [0.717, 1.165) is 28.6 Å². The number of carboxylic acid groups (broad SMARTS) is 1. The fourth-order valence-electron chi connectivity index (χ4n) is 4.85. The van der Waals surface area contributed by atoms with Gasteiger partial charge in [0.05, 0.1) is 11.4 Å². The second kappa shape index (κ2) is 7.47. The molecule has 1 atom stereocenters. The lowest BCUT2D eigenvalue weighted by molar-refractivity contribution is -0.139. The molecule has 156 valence electrons.